The summed E-state index contributed by atoms with van der Waals surface area (Å²) in [7, 11) is -1.63. The number of hydrogen-bond acceptors (Lipinski definition) is 5. The van der Waals surface area contributed by atoms with Gasteiger partial charge >= 0.3 is 0 Å². The lowest BCUT2D eigenvalue weighted by Crippen LogP contribution is -2.48. The predicted molar refractivity (Wildman–Crippen MR) is 97.7 cm³/mol. The Kier molecular flexibility index (Phi) is 6.09. The maximum Gasteiger partial charge on any atom is 0.211 e. The minimum absolute atomic E-state index is 0.118. The number of pyridine rings is 1. The summed E-state index contributed by atoms with van der Waals surface area (Å²) in [5, 5.41) is 0. The van der Waals surface area contributed by atoms with Crippen LogP contribution in [-0.4, -0.2) is 67.2 Å². The fraction of sp³-hybridized carbons (Fsp3) is 0.722. The highest BCUT2D eigenvalue weighted by Crippen LogP contribution is 2.35. The zero-order chi connectivity index (χ0) is 17.9. The van der Waals surface area contributed by atoms with Crippen LogP contribution in [0.15, 0.2) is 24.5 Å². The fourth-order valence-corrected chi connectivity index (χ4v) is 5.02. The van der Waals surface area contributed by atoms with Crippen LogP contribution in [0, 0.1) is 0 Å². The molecule has 0 aliphatic carbocycles. The zero-order valence-electron chi connectivity index (χ0n) is 15.2. The summed E-state index contributed by atoms with van der Waals surface area (Å²) in [4.78, 5) is 6.64. The Labute approximate surface area is 151 Å². The molecule has 2 aliphatic heterocycles. The Balaban J connectivity index is 1.66. The molecule has 2 fully saturated rings. The number of fused-ring (bicyclic) bond motifs is 2. The molecule has 6 nitrogen and oxygen atoms in total. The second kappa shape index (κ2) is 8.12. The molecule has 2 saturated heterocycles. The van der Waals surface area contributed by atoms with E-state index in [0.29, 0.717) is 25.2 Å². The van der Waals surface area contributed by atoms with Crippen molar-refractivity contribution in [3.05, 3.63) is 30.1 Å². The van der Waals surface area contributed by atoms with Gasteiger partial charge in [0.05, 0.1) is 12.4 Å². The van der Waals surface area contributed by atoms with Crippen molar-refractivity contribution in [1.29, 1.82) is 0 Å². The summed E-state index contributed by atoms with van der Waals surface area (Å²) >= 11 is 0. The molecule has 3 atom stereocenters. The topological polar surface area (TPSA) is 62.7 Å². The Morgan fingerprint density at radius 1 is 1.32 bits per heavy atom. The number of ether oxygens (including phenoxy) is 1. The Bertz CT molecular complexity index is 637. The highest BCUT2D eigenvalue weighted by molar-refractivity contribution is 7.88. The largest absolute Gasteiger partial charge is 0.379 e. The summed E-state index contributed by atoms with van der Waals surface area (Å²) in [5.41, 5.74) is 0.890. The third kappa shape index (κ3) is 4.78. The second-order valence-corrected chi connectivity index (χ2v) is 9.27. The molecular formula is C18H29N3O3S. The van der Waals surface area contributed by atoms with Gasteiger partial charge in [0, 0.05) is 51.2 Å². The number of rotatable bonds is 8. The van der Waals surface area contributed by atoms with Gasteiger partial charge in [0.2, 0.25) is 10.0 Å². The summed E-state index contributed by atoms with van der Waals surface area (Å²) in [5.74, 6) is 0. The molecule has 0 amide bonds. The van der Waals surface area contributed by atoms with Crippen LogP contribution in [0.5, 0.6) is 0 Å². The minimum atomic E-state index is -3.31. The molecule has 25 heavy (non-hydrogen) atoms. The monoisotopic (exact) mass is 367 g/mol. The molecule has 1 unspecified atom stereocenters. The van der Waals surface area contributed by atoms with Crippen LogP contribution in [0.25, 0.3) is 0 Å². The number of hydrogen-bond donors (Lipinski definition) is 0. The van der Waals surface area contributed by atoms with Gasteiger partial charge in [0.15, 0.2) is 0 Å². The van der Waals surface area contributed by atoms with Gasteiger partial charge < -0.3 is 4.74 Å². The molecule has 3 heterocycles. The van der Waals surface area contributed by atoms with E-state index >= 15 is 0 Å². The Morgan fingerprint density at radius 2 is 2.04 bits per heavy atom. The molecule has 0 spiro atoms. The van der Waals surface area contributed by atoms with Crippen molar-refractivity contribution in [2.75, 3.05) is 26.5 Å². The maximum absolute atomic E-state index is 12.3. The van der Waals surface area contributed by atoms with Gasteiger partial charge in [-0.05, 0) is 37.3 Å². The van der Waals surface area contributed by atoms with E-state index in [2.05, 4.69) is 9.88 Å². The van der Waals surface area contributed by atoms with Crippen LogP contribution in [0.2, 0.25) is 0 Å². The number of piperidine rings is 1. The van der Waals surface area contributed by atoms with E-state index in [9.17, 15) is 8.42 Å². The number of nitrogens with zero attached hydrogens (tertiary/aromatic N) is 3. The van der Waals surface area contributed by atoms with Crippen molar-refractivity contribution in [3.63, 3.8) is 0 Å². The SMILES string of the molecule is COC(CN1[C@@H]2CCC[C@H]1CC2)CN(Cc1cccnc1)S(C)(=O)=O. The van der Waals surface area contributed by atoms with Gasteiger partial charge in [0.1, 0.15) is 0 Å². The first kappa shape index (κ1) is 18.8. The third-order valence-corrected chi connectivity index (χ3v) is 6.77. The van der Waals surface area contributed by atoms with Crippen molar-refractivity contribution in [3.8, 4) is 0 Å². The normalized spacial score (nSPS) is 25.4. The average Bonchev–Trinajstić information content (AvgIpc) is 2.80. The standard InChI is InChI=1S/C18H29N3O3S/c1-24-18(14-21-16-6-3-7-17(21)9-8-16)13-20(25(2,22)23)12-15-5-4-10-19-11-15/h4-5,10-11,16-18H,3,6-9,12-14H2,1-2H3/t16-,17+,18?. The number of sulfonamides is 1. The van der Waals surface area contributed by atoms with E-state index in [0.717, 1.165) is 12.1 Å². The molecule has 1 aromatic rings. The fourth-order valence-electron chi connectivity index (χ4n) is 4.20. The van der Waals surface area contributed by atoms with Gasteiger partial charge in [-0.25, -0.2) is 8.42 Å². The van der Waals surface area contributed by atoms with E-state index in [-0.39, 0.29) is 6.10 Å². The molecule has 140 valence electrons. The highest BCUT2D eigenvalue weighted by atomic mass is 32.2. The first-order valence-corrected chi connectivity index (χ1v) is 10.9. The first-order valence-electron chi connectivity index (χ1n) is 9.10. The van der Waals surface area contributed by atoms with Gasteiger partial charge in [-0.15, -0.1) is 0 Å². The van der Waals surface area contributed by atoms with E-state index in [1.807, 2.05) is 12.1 Å². The summed E-state index contributed by atoms with van der Waals surface area (Å²) < 4.78 is 31.7. The van der Waals surface area contributed by atoms with E-state index in [1.165, 1.54) is 42.7 Å². The molecule has 7 heteroatoms. The highest BCUT2D eigenvalue weighted by Gasteiger charge is 2.38. The quantitative estimate of drug-likeness (QED) is 0.702. The minimum Gasteiger partial charge on any atom is -0.379 e. The second-order valence-electron chi connectivity index (χ2n) is 7.29. The lowest BCUT2D eigenvalue weighted by Gasteiger charge is -2.37. The van der Waals surface area contributed by atoms with Crippen LogP contribution in [-0.2, 0) is 21.3 Å². The molecule has 0 radical (unpaired) electrons. The summed E-state index contributed by atoms with van der Waals surface area (Å²) in [6.45, 7) is 1.52. The molecular weight excluding hydrogens is 338 g/mol. The molecule has 3 rings (SSSR count). The predicted octanol–water partition coefficient (Wildman–Crippen LogP) is 1.88. The number of aromatic nitrogens is 1. The van der Waals surface area contributed by atoms with Crippen LogP contribution >= 0.6 is 0 Å². The Morgan fingerprint density at radius 3 is 2.60 bits per heavy atom. The van der Waals surface area contributed by atoms with Crippen LogP contribution in [0.3, 0.4) is 0 Å². The van der Waals surface area contributed by atoms with Crippen molar-refractivity contribution in [2.24, 2.45) is 0 Å². The van der Waals surface area contributed by atoms with Gasteiger partial charge in [-0.1, -0.05) is 12.5 Å². The van der Waals surface area contributed by atoms with Crippen LogP contribution in [0.1, 0.15) is 37.7 Å². The molecule has 2 aliphatic rings. The van der Waals surface area contributed by atoms with Crippen LogP contribution < -0.4 is 0 Å². The first-order chi connectivity index (χ1) is 12.0. The molecule has 0 saturated carbocycles. The summed E-state index contributed by atoms with van der Waals surface area (Å²) in [6, 6.07) is 5.04. The van der Waals surface area contributed by atoms with E-state index < -0.39 is 10.0 Å². The lowest BCUT2D eigenvalue weighted by molar-refractivity contribution is 0.0226. The lowest BCUT2D eigenvalue weighted by atomic mass is 10.0. The van der Waals surface area contributed by atoms with Crippen molar-refractivity contribution in [1.82, 2.24) is 14.2 Å². The Hall–Kier alpha value is -1.02. The van der Waals surface area contributed by atoms with Gasteiger partial charge in [0.25, 0.3) is 0 Å². The zero-order valence-corrected chi connectivity index (χ0v) is 16.0. The average molecular weight is 368 g/mol. The number of methoxy groups -OCH3 is 1. The van der Waals surface area contributed by atoms with Crippen molar-refractivity contribution < 1.29 is 13.2 Å². The third-order valence-electron chi connectivity index (χ3n) is 5.55. The van der Waals surface area contributed by atoms with Crippen LogP contribution in [0.4, 0.5) is 0 Å². The van der Waals surface area contributed by atoms with E-state index in [1.54, 1.807) is 19.5 Å². The molecule has 2 bridgehead atoms. The van der Waals surface area contributed by atoms with Gasteiger partial charge in [-0.3, -0.25) is 9.88 Å². The smallest absolute Gasteiger partial charge is 0.211 e. The van der Waals surface area contributed by atoms with Crippen molar-refractivity contribution in [2.45, 2.75) is 56.8 Å². The van der Waals surface area contributed by atoms with Gasteiger partial charge in [-0.2, -0.15) is 4.31 Å². The van der Waals surface area contributed by atoms with Crippen molar-refractivity contribution >= 4 is 10.0 Å². The summed E-state index contributed by atoms with van der Waals surface area (Å²) in [6.07, 6.45) is 10.9. The molecule has 0 N–H and O–H groups in total. The van der Waals surface area contributed by atoms with E-state index in [4.69, 9.17) is 4.74 Å². The maximum atomic E-state index is 12.3. The molecule has 0 aromatic carbocycles. The molecule has 1 aromatic heterocycles.